The summed E-state index contributed by atoms with van der Waals surface area (Å²) >= 11 is 0. The van der Waals surface area contributed by atoms with Gasteiger partial charge in [-0.2, -0.15) is 0 Å². The molecule has 2 aromatic rings. The van der Waals surface area contributed by atoms with Crippen LogP contribution in [0.4, 0.5) is 0 Å². The fraction of sp³-hybridized carbons (Fsp3) is 0.435. The van der Waals surface area contributed by atoms with E-state index in [1.54, 1.807) is 24.1 Å². The average molecular weight is 383 g/mol. The van der Waals surface area contributed by atoms with Crippen molar-refractivity contribution in [1.29, 1.82) is 0 Å². The predicted molar refractivity (Wildman–Crippen MR) is 109 cm³/mol. The summed E-state index contributed by atoms with van der Waals surface area (Å²) < 4.78 is 11.2. The summed E-state index contributed by atoms with van der Waals surface area (Å²) in [6, 6.07) is 13.2. The Morgan fingerprint density at radius 3 is 2.64 bits per heavy atom. The molecule has 1 aliphatic heterocycles. The minimum Gasteiger partial charge on any atom is -0.496 e. The average Bonchev–Trinajstić information content (AvgIpc) is 2.90. The van der Waals surface area contributed by atoms with Gasteiger partial charge in [-0.25, -0.2) is 0 Å². The second-order valence-corrected chi connectivity index (χ2v) is 7.61. The maximum Gasteiger partial charge on any atom is 0.257 e. The van der Waals surface area contributed by atoms with Crippen molar-refractivity contribution in [3.63, 3.8) is 0 Å². The van der Waals surface area contributed by atoms with Gasteiger partial charge in [0.25, 0.3) is 5.91 Å². The Bertz CT molecular complexity index is 835. The van der Waals surface area contributed by atoms with Crippen LogP contribution in [0.3, 0.4) is 0 Å². The second-order valence-electron chi connectivity index (χ2n) is 7.61. The zero-order valence-corrected chi connectivity index (χ0v) is 16.9. The highest BCUT2D eigenvalue weighted by atomic mass is 16.5. The molecule has 0 aliphatic carbocycles. The lowest BCUT2D eigenvalue weighted by Crippen LogP contribution is -2.38. The van der Waals surface area contributed by atoms with Crippen molar-refractivity contribution < 1.29 is 19.4 Å². The largest absolute Gasteiger partial charge is 0.496 e. The molecule has 0 spiro atoms. The number of likely N-dealkylation sites (tertiary alicyclic amines) is 1. The Morgan fingerprint density at radius 2 is 1.89 bits per heavy atom. The molecule has 1 unspecified atom stereocenters. The quantitative estimate of drug-likeness (QED) is 0.854. The summed E-state index contributed by atoms with van der Waals surface area (Å²) in [4.78, 5) is 14.7. The Balaban J connectivity index is 1.63. The molecule has 5 nitrogen and oxygen atoms in total. The van der Waals surface area contributed by atoms with E-state index in [2.05, 4.69) is 6.92 Å². The molecule has 0 aromatic heterocycles. The number of benzene rings is 2. The van der Waals surface area contributed by atoms with Crippen LogP contribution in [0, 0.1) is 13.8 Å². The third-order valence-electron chi connectivity index (χ3n) is 5.53. The number of ether oxygens (including phenoxy) is 2. The smallest absolute Gasteiger partial charge is 0.257 e. The van der Waals surface area contributed by atoms with Gasteiger partial charge in [0.05, 0.1) is 12.7 Å². The topological polar surface area (TPSA) is 59.0 Å². The molecule has 0 bridgehead atoms. The fourth-order valence-electron chi connectivity index (χ4n) is 3.54. The van der Waals surface area contributed by atoms with E-state index in [0.29, 0.717) is 37.2 Å². The first-order valence-electron chi connectivity index (χ1n) is 9.77. The SMILES string of the molecule is COc1ccccc1C(=O)N1CCCC(O)(COc2ccc(C)c(C)c2)CC1. The first-order chi connectivity index (χ1) is 13.4. The highest BCUT2D eigenvalue weighted by Crippen LogP contribution is 2.27. The summed E-state index contributed by atoms with van der Waals surface area (Å²) in [6.07, 6.45) is 1.82. The van der Waals surface area contributed by atoms with Crippen LogP contribution < -0.4 is 9.47 Å². The maximum absolute atomic E-state index is 12.9. The molecular formula is C23H29NO4. The van der Waals surface area contributed by atoms with E-state index < -0.39 is 5.60 Å². The number of para-hydroxylation sites is 1. The van der Waals surface area contributed by atoms with Gasteiger partial charge in [0.15, 0.2) is 0 Å². The van der Waals surface area contributed by atoms with Gasteiger partial charge in [0.2, 0.25) is 0 Å². The van der Waals surface area contributed by atoms with Crippen LogP contribution in [0.25, 0.3) is 0 Å². The summed E-state index contributed by atoms with van der Waals surface area (Å²) in [7, 11) is 1.57. The van der Waals surface area contributed by atoms with Crippen molar-refractivity contribution in [3.05, 3.63) is 59.2 Å². The Morgan fingerprint density at radius 1 is 1.11 bits per heavy atom. The zero-order valence-electron chi connectivity index (χ0n) is 16.9. The van der Waals surface area contributed by atoms with Crippen LogP contribution in [0.2, 0.25) is 0 Å². The number of hydrogen-bond donors (Lipinski definition) is 1. The Hall–Kier alpha value is -2.53. The van der Waals surface area contributed by atoms with Gasteiger partial charge in [-0.1, -0.05) is 18.2 Å². The minimum absolute atomic E-state index is 0.0585. The summed E-state index contributed by atoms with van der Waals surface area (Å²) in [5.41, 5.74) is 2.00. The summed E-state index contributed by atoms with van der Waals surface area (Å²) in [5.74, 6) is 1.28. The number of carbonyl (C=O) groups is 1. The zero-order chi connectivity index (χ0) is 20.1. The standard InChI is InChI=1S/C23H29NO4/c1-17-9-10-19(15-18(17)2)28-16-23(26)11-6-13-24(14-12-23)22(25)20-7-4-5-8-21(20)27-3/h4-5,7-10,15,26H,6,11-14,16H2,1-3H3. The first kappa shape index (κ1) is 20.2. The Labute approximate surface area is 166 Å². The highest BCUT2D eigenvalue weighted by Gasteiger charge is 2.33. The molecule has 28 heavy (non-hydrogen) atoms. The number of hydrogen-bond acceptors (Lipinski definition) is 4. The molecule has 1 atom stereocenters. The van der Waals surface area contributed by atoms with Gasteiger partial charge in [-0.3, -0.25) is 4.79 Å². The van der Waals surface area contributed by atoms with E-state index in [0.717, 1.165) is 12.2 Å². The maximum atomic E-state index is 12.9. The van der Waals surface area contributed by atoms with Gasteiger partial charge in [-0.05, 0) is 68.5 Å². The minimum atomic E-state index is -0.936. The molecule has 3 rings (SSSR count). The van der Waals surface area contributed by atoms with Crippen LogP contribution in [0.15, 0.2) is 42.5 Å². The number of aryl methyl sites for hydroxylation is 2. The highest BCUT2D eigenvalue weighted by molar-refractivity contribution is 5.97. The van der Waals surface area contributed by atoms with Crippen LogP contribution in [0.1, 0.15) is 40.7 Å². The number of aliphatic hydroxyl groups is 1. The number of methoxy groups -OCH3 is 1. The summed E-state index contributed by atoms with van der Waals surface area (Å²) in [6.45, 7) is 5.44. The van der Waals surface area contributed by atoms with Gasteiger partial charge >= 0.3 is 0 Å². The number of amides is 1. The molecule has 1 amide bonds. The second kappa shape index (κ2) is 8.65. The molecule has 150 valence electrons. The summed E-state index contributed by atoms with van der Waals surface area (Å²) in [5, 5.41) is 11.0. The van der Waals surface area contributed by atoms with Crippen molar-refractivity contribution in [2.75, 3.05) is 26.8 Å². The molecule has 0 saturated carbocycles. The van der Waals surface area contributed by atoms with Crippen molar-refractivity contribution in [2.24, 2.45) is 0 Å². The van der Waals surface area contributed by atoms with Gasteiger partial charge in [0, 0.05) is 13.1 Å². The molecule has 1 N–H and O–H groups in total. The normalized spacial score (nSPS) is 19.8. The monoisotopic (exact) mass is 383 g/mol. The van der Waals surface area contributed by atoms with Gasteiger partial charge < -0.3 is 19.5 Å². The third kappa shape index (κ3) is 4.65. The number of rotatable bonds is 5. The van der Waals surface area contributed by atoms with Crippen molar-refractivity contribution in [2.45, 2.75) is 38.7 Å². The van der Waals surface area contributed by atoms with Gasteiger partial charge in [0.1, 0.15) is 23.7 Å². The van der Waals surface area contributed by atoms with Crippen LogP contribution in [-0.4, -0.2) is 48.3 Å². The molecule has 1 saturated heterocycles. The van der Waals surface area contributed by atoms with Crippen LogP contribution >= 0.6 is 0 Å². The molecule has 1 fully saturated rings. The molecule has 0 radical (unpaired) electrons. The lowest BCUT2D eigenvalue weighted by Gasteiger charge is -2.27. The van der Waals surface area contributed by atoms with Gasteiger partial charge in [-0.15, -0.1) is 0 Å². The van der Waals surface area contributed by atoms with E-state index in [1.165, 1.54) is 11.1 Å². The first-order valence-corrected chi connectivity index (χ1v) is 9.77. The van der Waals surface area contributed by atoms with E-state index in [4.69, 9.17) is 9.47 Å². The van der Waals surface area contributed by atoms with E-state index >= 15 is 0 Å². The number of nitrogens with zero attached hydrogens (tertiary/aromatic N) is 1. The third-order valence-corrected chi connectivity index (χ3v) is 5.53. The molecule has 5 heteroatoms. The van der Waals surface area contributed by atoms with Crippen molar-refractivity contribution >= 4 is 5.91 Å². The molecular weight excluding hydrogens is 354 g/mol. The lowest BCUT2D eigenvalue weighted by atomic mass is 9.96. The van der Waals surface area contributed by atoms with E-state index in [9.17, 15) is 9.90 Å². The van der Waals surface area contributed by atoms with Crippen LogP contribution in [0.5, 0.6) is 11.5 Å². The Kier molecular flexibility index (Phi) is 6.25. The number of carbonyl (C=O) groups excluding carboxylic acids is 1. The van der Waals surface area contributed by atoms with Crippen LogP contribution in [-0.2, 0) is 0 Å². The molecule has 2 aromatic carbocycles. The van der Waals surface area contributed by atoms with E-state index in [1.807, 2.05) is 37.3 Å². The van der Waals surface area contributed by atoms with Crippen molar-refractivity contribution in [3.8, 4) is 11.5 Å². The lowest BCUT2D eigenvalue weighted by molar-refractivity contribution is -0.0163. The fourth-order valence-corrected chi connectivity index (χ4v) is 3.54. The molecule has 1 aliphatic rings. The molecule has 1 heterocycles. The predicted octanol–water partition coefficient (Wildman–Crippen LogP) is 3.75. The van der Waals surface area contributed by atoms with E-state index in [-0.39, 0.29) is 12.5 Å². The van der Waals surface area contributed by atoms with Crippen molar-refractivity contribution in [1.82, 2.24) is 4.90 Å².